The Hall–Kier alpha value is -3.79. The lowest BCUT2D eigenvalue weighted by molar-refractivity contribution is -0.144. The van der Waals surface area contributed by atoms with Crippen molar-refractivity contribution in [3.05, 3.63) is 0 Å². The third kappa shape index (κ3) is 10.8. The summed E-state index contributed by atoms with van der Waals surface area (Å²) in [5.41, 5.74) is 15.3. The summed E-state index contributed by atoms with van der Waals surface area (Å²) in [5, 5.41) is 32.9. The molecule has 16 nitrogen and oxygen atoms in total. The summed E-state index contributed by atoms with van der Waals surface area (Å²) in [4.78, 5) is 81.1. The van der Waals surface area contributed by atoms with E-state index in [0.29, 0.717) is 0 Å². The maximum Gasteiger partial charge on any atom is 0.326 e. The average molecular weight is 462 g/mol. The monoisotopic (exact) mass is 462 g/mol. The van der Waals surface area contributed by atoms with Crippen LogP contribution < -0.4 is 33.2 Å². The van der Waals surface area contributed by atoms with Gasteiger partial charge in [0.05, 0.1) is 19.4 Å². The van der Waals surface area contributed by atoms with Crippen molar-refractivity contribution in [3.8, 4) is 0 Å². The number of rotatable bonds is 15. The Kier molecular flexibility index (Phi) is 11.9. The zero-order valence-corrected chi connectivity index (χ0v) is 16.8. The number of carboxylic acids is 2. The van der Waals surface area contributed by atoms with Gasteiger partial charge in [0, 0.05) is 6.42 Å². The quantitative estimate of drug-likeness (QED) is 0.110. The van der Waals surface area contributed by atoms with Crippen LogP contribution in [0.3, 0.4) is 0 Å². The molecule has 0 spiro atoms. The predicted octanol–water partition coefficient (Wildman–Crippen LogP) is -5.54. The van der Waals surface area contributed by atoms with Crippen molar-refractivity contribution in [2.75, 3.05) is 6.61 Å². The fourth-order valence-electron chi connectivity index (χ4n) is 2.25. The molecule has 0 aromatic carbocycles. The van der Waals surface area contributed by atoms with Crippen LogP contribution in [-0.2, 0) is 33.6 Å². The normalized spacial score (nSPS) is 14.2. The van der Waals surface area contributed by atoms with Gasteiger partial charge in [0.15, 0.2) is 0 Å². The first-order valence-electron chi connectivity index (χ1n) is 9.07. The standard InChI is InChI=1S/C16H26N6O10/c17-6(5-23)13(28)21-8(3-10(18)24)15(30)20-7(1-2-12(26)27)14(29)22-9(16(31)32)4-11(19)25/h6-9,23H,1-5,17H2,(H2,18,24)(H2,19,25)(H,20,30)(H,21,28)(H,22,29)(H,26,27)(H,31,32). The smallest absolute Gasteiger partial charge is 0.326 e. The number of carbonyl (C=O) groups is 7. The van der Waals surface area contributed by atoms with Gasteiger partial charge in [-0.2, -0.15) is 0 Å². The topological polar surface area (TPSA) is 294 Å². The van der Waals surface area contributed by atoms with E-state index in [4.69, 9.17) is 32.5 Å². The lowest BCUT2D eigenvalue weighted by atomic mass is 10.1. The van der Waals surface area contributed by atoms with Gasteiger partial charge in [-0.1, -0.05) is 0 Å². The summed E-state index contributed by atoms with van der Waals surface area (Å²) in [7, 11) is 0. The summed E-state index contributed by atoms with van der Waals surface area (Å²) in [6.45, 7) is -0.781. The van der Waals surface area contributed by atoms with E-state index < -0.39 is 97.9 Å². The van der Waals surface area contributed by atoms with Crippen molar-refractivity contribution in [1.82, 2.24) is 16.0 Å². The lowest BCUT2D eigenvalue weighted by Crippen LogP contribution is -2.58. The van der Waals surface area contributed by atoms with E-state index in [1.54, 1.807) is 0 Å². The van der Waals surface area contributed by atoms with Gasteiger partial charge in [0.2, 0.25) is 29.5 Å². The number of carboxylic acid groups (broad SMARTS) is 2. The van der Waals surface area contributed by atoms with Crippen molar-refractivity contribution in [2.24, 2.45) is 17.2 Å². The first-order chi connectivity index (χ1) is 14.8. The molecule has 0 aliphatic rings. The van der Waals surface area contributed by atoms with Gasteiger partial charge in [-0.15, -0.1) is 0 Å². The van der Waals surface area contributed by atoms with Crippen molar-refractivity contribution in [3.63, 3.8) is 0 Å². The Bertz CT molecular complexity index is 758. The number of carbonyl (C=O) groups excluding carboxylic acids is 5. The van der Waals surface area contributed by atoms with Gasteiger partial charge in [-0.25, -0.2) is 4.79 Å². The Balaban J connectivity index is 5.58. The van der Waals surface area contributed by atoms with Crippen LogP contribution in [-0.4, -0.2) is 87.6 Å². The summed E-state index contributed by atoms with van der Waals surface area (Å²) in [6, 6.07) is -6.46. The second-order valence-electron chi connectivity index (χ2n) is 6.58. The van der Waals surface area contributed by atoms with Crippen LogP contribution in [0.1, 0.15) is 25.7 Å². The molecule has 0 aliphatic carbocycles. The summed E-state index contributed by atoms with van der Waals surface area (Å²) >= 11 is 0. The van der Waals surface area contributed by atoms with Gasteiger partial charge in [-0.05, 0) is 6.42 Å². The highest BCUT2D eigenvalue weighted by atomic mass is 16.4. The molecule has 0 aliphatic heterocycles. The highest BCUT2D eigenvalue weighted by molar-refractivity contribution is 5.96. The van der Waals surface area contributed by atoms with Crippen molar-refractivity contribution < 1.29 is 48.9 Å². The number of aliphatic carboxylic acids is 2. The van der Waals surface area contributed by atoms with E-state index in [2.05, 4.69) is 10.6 Å². The minimum Gasteiger partial charge on any atom is -0.481 e. The molecule has 180 valence electrons. The zero-order valence-electron chi connectivity index (χ0n) is 16.8. The molecule has 4 unspecified atom stereocenters. The van der Waals surface area contributed by atoms with E-state index in [-0.39, 0.29) is 0 Å². The Labute approximate surface area is 180 Å². The molecule has 0 aromatic heterocycles. The van der Waals surface area contributed by atoms with E-state index >= 15 is 0 Å². The molecule has 0 saturated heterocycles. The minimum absolute atomic E-state index is 0.511. The molecule has 0 saturated carbocycles. The number of amides is 5. The van der Waals surface area contributed by atoms with Gasteiger partial charge in [0.1, 0.15) is 24.2 Å². The van der Waals surface area contributed by atoms with Crippen LogP contribution in [0, 0.1) is 0 Å². The zero-order chi connectivity index (χ0) is 25.0. The molecule has 0 radical (unpaired) electrons. The molecule has 12 N–H and O–H groups in total. The molecule has 0 fully saturated rings. The molecule has 32 heavy (non-hydrogen) atoms. The van der Waals surface area contributed by atoms with Crippen LogP contribution in [0.25, 0.3) is 0 Å². The Morgan fingerprint density at radius 1 is 0.719 bits per heavy atom. The summed E-state index contributed by atoms with van der Waals surface area (Å²) in [5.74, 6) is -8.36. The van der Waals surface area contributed by atoms with Crippen LogP contribution in [0.2, 0.25) is 0 Å². The molecule has 5 amide bonds. The Morgan fingerprint density at radius 3 is 1.59 bits per heavy atom. The van der Waals surface area contributed by atoms with Gasteiger partial charge < -0.3 is 48.5 Å². The van der Waals surface area contributed by atoms with Gasteiger partial charge in [0.25, 0.3) is 0 Å². The van der Waals surface area contributed by atoms with E-state index in [1.165, 1.54) is 0 Å². The number of nitrogens with one attached hydrogen (secondary N) is 3. The summed E-state index contributed by atoms with van der Waals surface area (Å²) in [6.07, 6.45) is -2.65. The molecule has 0 aromatic rings. The lowest BCUT2D eigenvalue weighted by Gasteiger charge is -2.24. The highest BCUT2D eigenvalue weighted by Gasteiger charge is 2.31. The van der Waals surface area contributed by atoms with Crippen molar-refractivity contribution in [1.29, 1.82) is 0 Å². The minimum atomic E-state index is -1.76. The third-order valence-corrected chi connectivity index (χ3v) is 3.87. The third-order valence-electron chi connectivity index (χ3n) is 3.87. The molecule has 0 bridgehead atoms. The van der Waals surface area contributed by atoms with E-state index in [1.807, 2.05) is 5.32 Å². The fraction of sp³-hybridized carbons (Fsp3) is 0.562. The molecule has 16 heteroatoms. The maximum absolute atomic E-state index is 12.5. The highest BCUT2D eigenvalue weighted by Crippen LogP contribution is 2.03. The molecule has 0 heterocycles. The number of nitrogens with two attached hydrogens (primary N) is 3. The summed E-state index contributed by atoms with van der Waals surface area (Å²) < 4.78 is 0. The number of hydrogen-bond donors (Lipinski definition) is 9. The van der Waals surface area contributed by atoms with E-state index in [0.717, 1.165) is 0 Å². The number of hydrogen-bond acceptors (Lipinski definition) is 9. The second kappa shape index (κ2) is 13.5. The second-order valence-corrected chi connectivity index (χ2v) is 6.58. The fourth-order valence-corrected chi connectivity index (χ4v) is 2.25. The molecule has 4 atom stereocenters. The molecule has 0 rings (SSSR count). The van der Waals surface area contributed by atoms with Crippen molar-refractivity contribution >= 4 is 41.5 Å². The number of aliphatic hydroxyl groups excluding tert-OH is 1. The van der Waals surface area contributed by atoms with Crippen LogP contribution in [0.4, 0.5) is 0 Å². The number of primary amides is 2. The molecular weight excluding hydrogens is 436 g/mol. The average Bonchev–Trinajstić information content (AvgIpc) is 2.67. The maximum atomic E-state index is 12.5. The SMILES string of the molecule is NC(=O)CC(NC(=O)C(CCC(=O)O)NC(=O)C(CC(N)=O)NC(=O)C(N)CO)C(=O)O. The molecular formula is C16H26N6O10. The first-order valence-corrected chi connectivity index (χ1v) is 9.07. The van der Waals surface area contributed by atoms with Crippen LogP contribution >= 0.6 is 0 Å². The Morgan fingerprint density at radius 2 is 1.16 bits per heavy atom. The van der Waals surface area contributed by atoms with Gasteiger partial charge in [-0.3, -0.25) is 28.8 Å². The van der Waals surface area contributed by atoms with Crippen LogP contribution in [0.15, 0.2) is 0 Å². The van der Waals surface area contributed by atoms with E-state index in [9.17, 15) is 33.6 Å². The number of aliphatic hydroxyl groups is 1. The predicted molar refractivity (Wildman–Crippen MR) is 103 cm³/mol. The van der Waals surface area contributed by atoms with Crippen LogP contribution in [0.5, 0.6) is 0 Å². The van der Waals surface area contributed by atoms with Gasteiger partial charge >= 0.3 is 11.9 Å². The van der Waals surface area contributed by atoms with Crippen molar-refractivity contribution in [2.45, 2.75) is 49.9 Å². The largest absolute Gasteiger partial charge is 0.481 e. The first kappa shape index (κ1) is 28.2.